The van der Waals surface area contributed by atoms with Crippen LogP contribution in [0.1, 0.15) is 25.1 Å². The number of fused-ring (bicyclic) bond motifs is 1. The number of aryl methyl sites for hydroxylation is 1. The van der Waals surface area contributed by atoms with Gasteiger partial charge < -0.3 is 15.8 Å². The second-order valence-electron chi connectivity index (χ2n) is 5.26. The van der Waals surface area contributed by atoms with Gasteiger partial charge in [-0.3, -0.25) is 0 Å². The van der Waals surface area contributed by atoms with E-state index in [1.807, 2.05) is 0 Å². The molecule has 2 heterocycles. The predicted octanol–water partition coefficient (Wildman–Crippen LogP) is 3.06. The largest absolute Gasteiger partial charge is 0.381 e. The van der Waals surface area contributed by atoms with Gasteiger partial charge in [0.1, 0.15) is 10.6 Å². The van der Waals surface area contributed by atoms with E-state index in [-0.39, 0.29) is 0 Å². The first-order valence-corrected chi connectivity index (χ1v) is 7.73. The monoisotopic (exact) mass is 294 g/mol. The van der Waals surface area contributed by atoms with Crippen LogP contribution in [0.15, 0.2) is 6.07 Å². The fourth-order valence-electron chi connectivity index (χ4n) is 1.89. The van der Waals surface area contributed by atoms with Crippen molar-refractivity contribution >= 4 is 33.3 Å². The van der Waals surface area contributed by atoms with Gasteiger partial charge in [-0.25, -0.2) is 4.98 Å². The maximum Gasteiger partial charge on any atom is 0.223 e. The quantitative estimate of drug-likeness (QED) is 0.768. The Morgan fingerprint density at radius 2 is 2.20 bits per heavy atom. The molecule has 0 saturated heterocycles. The van der Waals surface area contributed by atoms with E-state index in [0.29, 0.717) is 11.9 Å². The summed E-state index contributed by atoms with van der Waals surface area (Å²) >= 11 is 1.64. The lowest BCUT2D eigenvalue weighted by Gasteiger charge is -2.09. The van der Waals surface area contributed by atoms with E-state index in [4.69, 9.17) is 10.5 Å². The standard InChI is InChI=1S/C14H22N4OS/c1-9(2)8-19-6-4-5-16-12-11-7-10(3)20-13(11)18-14(15)17-12/h7,9H,4-6,8H2,1-3H3,(H3,15,16,17,18). The molecule has 0 fully saturated rings. The molecular formula is C14H22N4OS. The molecule has 0 saturated carbocycles. The van der Waals surface area contributed by atoms with Crippen molar-refractivity contribution in [3.63, 3.8) is 0 Å². The highest BCUT2D eigenvalue weighted by Gasteiger charge is 2.08. The first-order valence-electron chi connectivity index (χ1n) is 6.91. The van der Waals surface area contributed by atoms with Crippen LogP contribution in [-0.4, -0.2) is 29.7 Å². The van der Waals surface area contributed by atoms with Gasteiger partial charge in [0.2, 0.25) is 5.95 Å². The third-order valence-corrected chi connectivity index (χ3v) is 3.69. The van der Waals surface area contributed by atoms with Crippen LogP contribution < -0.4 is 11.1 Å². The molecule has 0 bridgehead atoms. The van der Waals surface area contributed by atoms with Crippen LogP contribution in [0.2, 0.25) is 0 Å². The van der Waals surface area contributed by atoms with Crippen molar-refractivity contribution in [2.24, 2.45) is 5.92 Å². The highest BCUT2D eigenvalue weighted by molar-refractivity contribution is 7.18. The van der Waals surface area contributed by atoms with E-state index in [2.05, 4.69) is 42.1 Å². The summed E-state index contributed by atoms with van der Waals surface area (Å²) in [6.07, 6.45) is 0.946. The molecule has 0 aromatic carbocycles. The molecule has 0 radical (unpaired) electrons. The lowest BCUT2D eigenvalue weighted by Crippen LogP contribution is -2.10. The average molecular weight is 294 g/mol. The second-order valence-corrected chi connectivity index (χ2v) is 6.49. The minimum atomic E-state index is 0.318. The summed E-state index contributed by atoms with van der Waals surface area (Å²) < 4.78 is 5.55. The summed E-state index contributed by atoms with van der Waals surface area (Å²) in [7, 11) is 0. The molecule has 0 atom stereocenters. The van der Waals surface area contributed by atoms with Crippen LogP contribution >= 0.6 is 11.3 Å². The molecular weight excluding hydrogens is 272 g/mol. The van der Waals surface area contributed by atoms with Gasteiger partial charge in [-0.1, -0.05) is 13.8 Å². The van der Waals surface area contributed by atoms with Gasteiger partial charge in [0, 0.05) is 24.6 Å². The number of aromatic nitrogens is 2. The van der Waals surface area contributed by atoms with Crippen LogP contribution in [0.3, 0.4) is 0 Å². The molecule has 20 heavy (non-hydrogen) atoms. The SMILES string of the molecule is Cc1cc2c(NCCCOCC(C)C)nc(N)nc2s1. The van der Waals surface area contributed by atoms with Crippen LogP contribution in [0.5, 0.6) is 0 Å². The number of thiophene rings is 1. The van der Waals surface area contributed by atoms with Crippen LogP contribution in [0, 0.1) is 12.8 Å². The van der Waals surface area contributed by atoms with E-state index < -0.39 is 0 Å². The third-order valence-electron chi connectivity index (χ3n) is 2.74. The van der Waals surface area contributed by atoms with Gasteiger partial charge in [0.15, 0.2) is 0 Å². The van der Waals surface area contributed by atoms with Gasteiger partial charge in [-0.15, -0.1) is 11.3 Å². The van der Waals surface area contributed by atoms with Gasteiger partial charge >= 0.3 is 0 Å². The predicted molar refractivity (Wildman–Crippen MR) is 85.3 cm³/mol. The fraction of sp³-hybridized carbons (Fsp3) is 0.571. The first kappa shape index (κ1) is 15.0. The highest BCUT2D eigenvalue weighted by atomic mass is 32.1. The van der Waals surface area contributed by atoms with Crippen molar-refractivity contribution in [3.05, 3.63) is 10.9 Å². The first-order chi connectivity index (χ1) is 9.56. The Labute approximate surface area is 123 Å². The summed E-state index contributed by atoms with van der Waals surface area (Å²) in [4.78, 5) is 10.7. The molecule has 5 nitrogen and oxygen atoms in total. The number of nitrogen functional groups attached to an aromatic ring is 1. The molecule has 2 aromatic rings. The van der Waals surface area contributed by atoms with E-state index >= 15 is 0 Å². The summed E-state index contributed by atoms with van der Waals surface area (Å²) in [5, 5.41) is 4.37. The maximum absolute atomic E-state index is 5.74. The van der Waals surface area contributed by atoms with Gasteiger partial charge in [-0.05, 0) is 25.3 Å². The summed E-state index contributed by atoms with van der Waals surface area (Å²) in [6, 6.07) is 2.09. The summed E-state index contributed by atoms with van der Waals surface area (Å²) in [5.41, 5.74) is 5.74. The Morgan fingerprint density at radius 1 is 1.40 bits per heavy atom. The fourth-order valence-corrected chi connectivity index (χ4v) is 2.78. The summed E-state index contributed by atoms with van der Waals surface area (Å²) in [6.45, 7) is 8.76. The Kier molecular flexibility index (Phi) is 5.14. The zero-order chi connectivity index (χ0) is 14.5. The zero-order valence-corrected chi connectivity index (χ0v) is 13.1. The summed E-state index contributed by atoms with van der Waals surface area (Å²) in [5.74, 6) is 1.72. The number of hydrogen-bond donors (Lipinski definition) is 2. The van der Waals surface area contributed by atoms with Crippen molar-refractivity contribution in [3.8, 4) is 0 Å². The van der Waals surface area contributed by atoms with Gasteiger partial charge in [-0.2, -0.15) is 4.98 Å². The van der Waals surface area contributed by atoms with E-state index in [1.165, 1.54) is 4.88 Å². The molecule has 3 N–H and O–H groups in total. The third kappa shape index (κ3) is 4.05. The normalized spacial score (nSPS) is 11.4. The molecule has 0 amide bonds. The molecule has 0 unspecified atom stereocenters. The number of ether oxygens (including phenoxy) is 1. The Morgan fingerprint density at radius 3 is 2.95 bits per heavy atom. The Hall–Kier alpha value is -1.40. The lowest BCUT2D eigenvalue weighted by molar-refractivity contribution is 0.110. The number of anilines is 2. The van der Waals surface area contributed by atoms with Crippen LogP contribution in [-0.2, 0) is 4.74 Å². The molecule has 0 aliphatic rings. The zero-order valence-electron chi connectivity index (χ0n) is 12.3. The smallest absolute Gasteiger partial charge is 0.223 e. The number of rotatable bonds is 7. The van der Waals surface area contributed by atoms with Crippen LogP contribution in [0.25, 0.3) is 10.2 Å². The number of nitrogens with one attached hydrogen (secondary N) is 1. The molecule has 2 rings (SSSR count). The van der Waals surface area contributed by atoms with Gasteiger partial charge in [0.05, 0.1) is 5.39 Å². The number of nitrogens with two attached hydrogens (primary N) is 1. The topological polar surface area (TPSA) is 73.1 Å². The van der Waals surface area contributed by atoms with Gasteiger partial charge in [0.25, 0.3) is 0 Å². The molecule has 0 spiro atoms. The van der Waals surface area contributed by atoms with Crippen molar-refractivity contribution in [2.75, 3.05) is 30.8 Å². The lowest BCUT2D eigenvalue weighted by atomic mass is 10.2. The molecule has 6 heteroatoms. The van der Waals surface area contributed by atoms with E-state index in [0.717, 1.165) is 42.2 Å². The Bertz CT molecular complexity index is 568. The number of hydrogen-bond acceptors (Lipinski definition) is 6. The molecule has 0 aliphatic carbocycles. The van der Waals surface area contributed by atoms with Crippen molar-refractivity contribution in [1.82, 2.24) is 9.97 Å². The Balaban J connectivity index is 1.89. The average Bonchev–Trinajstić information content (AvgIpc) is 2.73. The number of nitrogens with zero attached hydrogens (tertiary/aromatic N) is 2. The maximum atomic E-state index is 5.74. The van der Waals surface area contributed by atoms with Crippen molar-refractivity contribution in [2.45, 2.75) is 27.2 Å². The molecule has 0 aliphatic heterocycles. The molecule has 2 aromatic heterocycles. The van der Waals surface area contributed by atoms with Crippen molar-refractivity contribution in [1.29, 1.82) is 0 Å². The van der Waals surface area contributed by atoms with E-state index in [9.17, 15) is 0 Å². The highest BCUT2D eigenvalue weighted by Crippen LogP contribution is 2.28. The van der Waals surface area contributed by atoms with E-state index in [1.54, 1.807) is 11.3 Å². The minimum Gasteiger partial charge on any atom is -0.381 e. The minimum absolute atomic E-state index is 0.318. The second kappa shape index (κ2) is 6.85. The molecule has 110 valence electrons. The van der Waals surface area contributed by atoms with Crippen molar-refractivity contribution < 1.29 is 4.74 Å². The van der Waals surface area contributed by atoms with Crippen LogP contribution in [0.4, 0.5) is 11.8 Å².